The van der Waals surface area contributed by atoms with Gasteiger partial charge >= 0.3 is 5.97 Å². The number of fused-ring (bicyclic) bond motifs is 1. The normalized spacial score (nSPS) is 11.0. The maximum absolute atomic E-state index is 12.9. The fourth-order valence-corrected chi connectivity index (χ4v) is 2.90. The number of esters is 1. The van der Waals surface area contributed by atoms with Gasteiger partial charge in [0.1, 0.15) is 11.5 Å². The summed E-state index contributed by atoms with van der Waals surface area (Å²) in [6, 6.07) is 2.95. The summed E-state index contributed by atoms with van der Waals surface area (Å²) in [5.74, 6) is -0.617. The smallest absolute Gasteiger partial charge is 0.305 e. The predicted molar refractivity (Wildman–Crippen MR) is 76.6 cm³/mol. The van der Waals surface area contributed by atoms with Gasteiger partial charge in [-0.15, -0.1) is 11.3 Å². The van der Waals surface area contributed by atoms with Crippen molar-refractivity contribution in [3.8, 4) is 11.4 Å². The van der Waals surface area contributed by atoms with Crippen LogP contribution in [0.15, 0.2) is 29.9 Å². The van der Waals surface area contributed by atoms with Crippen LogP contribution in [0.5, 0.6) is 0 Å². The maximum Gasteiger partial charge on any atom is 0.305 e. The van der Waals surface area contributed by atoms with Crippen molar-refractivity contribution >= 4 is 22.3 Å². The molecule has 0 fully saturated rings. The summed E-state index contributed by atoms with van der Waals surface area (Å²) in [5.41, 5.74) is 2.29. The van der Waals surface area contributed by atoms with Gasteiger partial charge in [0.25, 0.3) is 0 Å². The van der Waals surface area contributed by atoms with Crippen LogP contribution in [0.4, 0.5) is 4.39 Å². The third-order valence-corrected chi connectivity index (χ3v) is 3.97. The summed E-state index contributed by atoms with van der Waals surface area (Å²) >= 11 is 1.49. The van der Waals surface area contributed by atoms with Crippen LogP contribution >= 0.6 is 11.3 Å². The maximum atomic E-state index is 12.9. The third kappa shape index (κ3) is 2.78. The van der Waals surface area contributed by atoms with Gasteiger partial charge in [-0.2, -0.15) is 0 Å². The van der Waals surface area contributed by atoms with E-state index in [0.717, 1.165) is 10.7 Å². The van der Waals surface area contributed by atoms with E-state index in [1.807, 2.05) is 16.0 Å². The van der Waals surface area contributed by atoms with Crippen LogP contribution in [0, 0.1) is 5.82 Å². The topological polar surface area (TPSA) is 56.5 Å². The number of rotatable bonds is 4. The molecule has 5 nitrogen and oxygen atoms in total. The highest BCUT2D eigenvalue weighted by molar-refractivity contribution is 7.15. The first-order valence-electron chi connectivity index (χ1n) is 6.31. The van der Waals surface area contributed by atoms with Crippen LogP contribution in [0.1, 0.15) is 12.1 Å². The number of imidazole rings is 1. The van der Waals surface area contributed by atoms with Gasteiger partial charge in [0.2, 0.25) is 0 Å². The van der Waals surface area contributed by atoms with Gasteiger partial charge in [-0.25, -0.2) is 9.37 Å². The van der Waals surface area contributed by atoms with Gasteiger partial charge in [0.05, 0.1) is 25.4 Å². The minimum atomic E-state index is -0.376. The van der Waals surface area contributed by atoms with E-state index >= 15 is 0 Å². The van der Waals surface area contributed by atoms with Crippen LogP contribution < -0.4 is 0 Å². The van der Waals surface area contributed by atoms with Crippen LogP contribution in [-0.4, -0.2) is 27.4 Å². The Hall–Kier alpha value is -2.28. The van der Waals surface area contributed by atoms with E-state index in [9.17, 15) is 9.18 Å². The van der Waals surface area contributed by atoms with Crippen molar-refractivity contribution in [2.45, 2.75) is 12.8 Å². The SMILES string of the molecule is COC(=O)CCc1csc2nc(-c3ccc(F)cn3)cn12. The van der Waals surface area contributed by atoms with Gasteiger partial charge in [0, 0.05) is 17.3 Å². The van der Waals surface area contributed by atoms with E-state index < -0.39 is 0 Å². The van der Waals surface area contributed by atoms with Crippen molar-refractivity contribution in [3.05, 3.63) is 41.4 Å². The lowest BCUT2D eigenvalue weighted by Crippen LogP contribution is -2.02. The van der Waals surface area contributed by atoms with Gasteiger partial charge < -0.3 is 4.74 Å². The molecule has 0 radical (unpaired) electrons. The number of thiazole rings is 1. The molecule has 0 aliphatic heterocycles. The van der Waals surface area contributed by atoms with Crippen molar-refractivity contribution in [1.29, 1.82) is 0 Å². The minimum absolute atomic E-state index is 0.241. The van der Waals surface area contributed by atoms with E-state index in [4.69, 9.17) is 0 Å². The fraction of sp³-hybridized carbons (Fsp3) is 0.214. The van der Waals surface area contributed by atoms with Gasteiger partial charge in [0.15, 0.2) is 4.96 Å². The lowest BCUT2D eigenvalue weighted by Gasteiger charge is -1.98. The fourth-order valence-electron chi connectivity index (χ4n) is 1.99. The summed E-state index contributed by atoms with van der Waals surface area (Å²) in [4.78, 5) is 20.5. The minimum Gasteiger partial charge on any atom is -0.469 e. The molecule has 0 spiro atoms. The predicted octanol–water partition coefficient (Wildman–Crippen LogP) is 2.70. The number of nitrogens with zero attached hydrogens (tertiary/aromatic N) is 3. The Balaban J connectivity index is 1.88. The zero-order valence-electron chi connectivity index (χ0n) is 11.2. The molecule has 0 atom stereocenters. The highest BCUT2D eigenvalue weighted by atomic mass is 32.1. The lowest BCUT2D eigenvalue weighted by atomic mass is 10.2. The van der Waals surface area contributed by atoms with Crippen molar-refractivity contribution in [2.75, 3.05) is 7.11 Å². The summed E-state index contributed by atoms with van der Waals surface area (Å²) in [5, 5.41) is 1.97. The Kier molecular flexibility index (Phi) is 3.66. The number of aryl methyl sites for hydroxylation is 1. The Morgan fingerprint density at radius 2 is 2.29 bits per heavy atom. The largest absolute Gasteiger partial charge is 0.469 e. The average Bonchev–Trinajstić information content (AvgIpc) is 3.06. The number of ether oxygens (including phenoxy) is 1. The molecule has 108 valence electrons. The summed E-state index contributed by atoms with van der Waals surface area (Å²) in [6.07, 6.45) is 3.92. The Labute approximate surface area is 124 Å². The molecular weight excluding hydrogens is 293 g/mol. The van der Waals surface area contributed by atoms with E-state index in [0.29, 0.717) is 24.2 Å². The number of methoxy groups -OCH3 is 1. The van der Waals surface area contributed by atoms with Crippen LogP contribution in [0.3, 0.4) is 0 Å². The second kappa shape index (κ2) is 5.61. The Bertz CT molecular complexity index is 779. The molecule has 3 aromatic heterocycles. The number of halogens is 1. The number of aromatic nitrogens is 3. The van der Waals surface area contributed by atoms with Crippen molar-refractivity contribution in [2.24, 2.45) is 0 Å². The quantitative estimate of drug-likeness (QED) is 0.695. The van der Waals surface area contributed by atoms with Gasteiger partial charge in [-0.05, 0) is 18.6 Å². The van der Waals surface area contributed by atoms with E-state index in [1.54, 1.807) is 6.07 Å². The molecule has 7 heteroatoms. The molecule has 21 heavy (non-hydrogen) atoms. The third-order valence-electron chi connectivity index (χ3n) is 3.09. The molecule has 3 aromatic rings. The molecule has 0 aliphatic carbocycles. The summed E-state index contributed by atoms with van der Waals surface area (Å²) < 4.78 is 19.5. The zero-order valence-corrected chi connectivity index (χ0v) is 12.1. The van der Waals surface area contributed by atoms with E-state index in [-0.39, 0.29) is 11.8 Å². The monoisotopic (exact) mass is 305 g/mol. The second-order valence-electron chi connectivity index (χ2n) is 4.44. The summed E-state index contributed by atoms with van der Waals surface area (Å²) in [7, 11) is 1.38. The van der Waals surface area contributed by atoms with Crippen LogP contribution in [0.2, 0.25) is 0 Å². The van der Waals surface area contributed by atoms with Gasteiger partial charge in [-0.1, -0.05) is 0 Å². The molecule has 3 heterocycles. The number of carbonyl (C=O) groups is 1. The second-order valence-corrected chi connectivity index (χ2v) is 5.28. The average molecular weight is 305 g/mol. The molecule has 0 saturated heterocycles. The van der Waals surface area contributed by atoms with Crippen molar-refractivity contribution < 1.29 is 13.9 Å². The van der Waals surface area contributed by atoms with Crippen molar-refractivity contribution in [3.63, 3.8) is 0 Å². The zero-order chi connectivity index (χ0) is 14.8. The highest BCUT2D eigenvalue weighted by Gasteiger charge is 2.11. The Morgan fingerprint density at radius 1 is 1.43 bits per heavy atom. The first-order valence-corrected chi connectivity index (χ1v) is 7.19. The standard InChI is InChI=1S/C14H12FN3O2S/c1-20-13(19)5-3-10-8-21-14-17-12(7-18(10)14)11-4-2-9(15)6-16-11/h2,4,6-8H,3,5H2,1H3. The molecule has 0 saturated carbocycles. The Morgan fingerprint density at radius 3 is 3.00 bits per heavy atom. The summed E-state index contributed by atoms with van der Waals surface area (Å²) in [6.45, 7) is 0. The molecule has 3 rings (SSSR count). The first kappa shape index (κ1) is 13.7. The van der Waals surface area contributed by atoms with Crippen LogP contribution in [-0.2, 0) is 16.0 Å². The van der Waals surface area contributed by atoms with E-state index in [2.05, 4.69) is 14.7 Å². The lowest BCUT2D eigenvalue weighted by molar-refractivity contribution is -0.140. The molecule has 0 N–H and O–H groups in total. The van der Waals surface area contributed by atoms with Gasteiger partial charge in [-0.3, -0.25) is 14.2 Å². The highest BCUT2D eigenvalue weighted by Crippen LogP contribution is 2.23. The molecular formula is C14H12FN3O2S. The molecule has 0 bridgehead atoms. The number of hydrogen-bond acceptors (Lipinski definition) is 5. The number of pyridine rings is 1. The molecule has 0 unspecified atom stereocenters. The number of hydrogen-bond donors (Lipinski definition) is 0. The van der Waals surface area contributed by atoms with E-state index in [1.165, 1.54) is 30.7 Å². The van der Waals surface area contributed by atoms with Crippen molar-refractivity contribution in [1.82, 2.24) is 14.4 Å². The molecule has 0 aliphatic rings. The number of carbonyl (C=O) groups excluding carboxylic acids is 1. The molecule has 0 aromatic carbocycles. The van der Waals surface area contributed by atoms with Crippen LogP contribution in [0.25, 0.3) is 16.3 Å². The molecule has 0 amide bonds. The first-order chi connectivity index (χ1) is 10.2.